The second-order valence-corrected chi connectivity index (χ2v) is 13.1. The second kappa shape index (κ2) is 22.3. The SMILES string of the molecule is CCCCCCCCCCCCCCCC(=O)OC[C@@H](COCc1ccccc1)OP(=O)([O-])OCC[N+](C)(C)C. The van der Waals surface area contributed by atoms with Crippen LogP contribution >= 0.6 is 7.82 Å². The summed E-state index contributed by atoms with van der Waals surface area (Å²) in [7, 11) is 1.23. The Bertz CT molecular complexity index is 801. The number of hydrogen-bond donors (Lipinski definition) is 0. The number of carbonyl (C=O) groups is 1. The number of likely N-dealkylation sites (N-methyl/N-ethyl adjacent to an activating group) is 1. The molecule has 232 valence electrons. The Labute approximate surface area is 243 Å². The van der Waals surface area contributed by atoms with E-state index in [9.17, 15) is 14.3 Å². The Hall–Kier alpha value is -1.28. The minimum absolute atomic E-state index is 0.000700. The third kappa shape index (κ3) is 22.4. The molecule has 0 amide bonds. The Morgan fingerprint density at radius 3 is 1.95 bits per heavy atom. The molecular formula is C31H56NO7P. The van der Waals surface area contributed by atoms with Gasteiger partial charge in [0.2, 0.25) is 0 Å². The van der Waals surface area contributed by atoms with Crippen molar-refractivity contribution in [3.8, 4) is 0 Å². The van der Waals surface area contributed by atoms with Crippen molar-refractivity contribution in [3.63, 3.8) is 0 Å². The Kier molecular flexibility index (Phi) is 20.5. The van der Waals surface area contributed by atoms with Crippen molar-refractivity contribution in [3.05, 3.63) is 35.9 Å². The molecule has 0 aromatic heterocycles. The number of benzene rings is 1. The molecule has 1 aromatic carbocycles. The number of quaternary nitrogens is 1. The van der Waals surface area contributed by atoms with E-state index in [2.05, 4.69) is 6.92 Å². The molecule has 9 heteroatoms. The maximum absolute atomic E-state index is 12.4. The first kappa shape index (κ1) is 36.7. The standard InChI is InChI=1S/C31H56NO7P/c1-5-6-7-8-9-10-11-12-13-14-15-16-20-23-31(33)37-28-30(27-36-26-29-21-18-17-19-22-29)39-40(34,35)38-25-24-32(2,3)4/h17-19,21-22,30H,5-16,20,23-28H2,1-4H3/t30-/m1/s1. The molecule has 1 rings (SSSR count). The summed E-state index contributed by atoms with van der Waals surface area (Å²) in [5.41, 5.74) is 0.949. The summed E-state index contributed by atoms with van der Waals surface area (Å²) in [4.78, 5) is 24.7. The van der Waals surface area contributed by atoms with Gasteiger partial charge in [0.05, 0.1) is 34.4 Å². The van der Waals surface area contributed by atoms with Crippen LogP contribution in [0.25, 0.3) is 0 Å². The van der Waals surface area contributed by atoms with E-state index in [1.807, 2.05) is 51.5 Å². The smallest absolute Gasteiger partial charge is 0.305 e. The van der Waals surface area contributed by atoms with Crippen LogP contribution in [0.1, 0.15) is 102 Å². The largest absolute Gasteiger partial charge is 0.756 e. The average molecular weight is 586 g/mol. The highest BCUT2D eigenvalue weighted by Crippen LogP contribution is 2.40. The summed E-state index contributed by atoms with van der Waals surface area (Å²) < 4.78 is 34.2. The third-order valence-electron chi connectivity index (χ3n) is 6.62. The number of nitrogens with zero attached hydrogens (tertiary/aromatic N) is 1. The maximum Gasteiger partial charge on any atom is 0.305 e. The molecule has 0 saturated heterocycles. The molecule has 2 atom stereocenters. The summed E-state index contributed by atoms with van der Waals surface area (Å²) in [5, 5.41) is 0. The number of rotatable bonds is 26. The molecule has 0 spiro atoms. The summed E-state index contributed by atoms with van der Waals surface area (Å²) in [6.45, 7) is 2.78. The van der Waals surface area contributed by atoms with Gasteiger partial charge in [-0.3, -0.25) is 9.36 Å². The van der Waals surface area contributed by atoms with Gasteiger partial charge in [0, 0.05) is 6.42 Å². The molecule has 8 nitrogen and oxygen atoms in total. The molecule has 0 N–H and O–H groups in total. The predicted molar refractivity (Wildman–Crippen MR) is 159 cm³/mol. The van der Waals surface area contributed by atoms with Gasteiger partial charge in [-0.1, -0.05) is 114 Å². The fraction of sp³-hybridized carbons (Fsp3) is 0.774. The number of carbonyl (C=O) groups excluding carboxylic acids is 1. The molecule has 1 unspecified atom stereocenters. The second-order valence-electron chi connectivity index (χ2n) is 11.7. The van der Waals surface area contributed by atoms with Crippen molar-refractivity contribution < 1.29 is 37.3 Å². The van der Waals surface area contributed by atoms with Gasteiger partial charge in [-0.2, -0.15) is 0 Å². The van der Waals surface area contributed by atoms with E-state index >= 15 is 0 Å². The summed E-state index contributed by atoms with van der Waals surface area (Å²) in [5.74, 6) is -0.355. The normalized spacial score (nSPS) is 14.1. The first-order valence-electron chi connectivity index (χ1n) is 15.3. The average Bonchev–Trinajstić information content (AvgIpc) is 2.89. The van der Waals surface area contributed by atoms with Crippen molar-refractivity contribution in [1.29, 1.82) is 0 Å². The summed E-state index contributed by atoms with van der Waals surface area (Å²) in [6, 6.07) is 9.54. The van der Waals surface area contributed by atoms with Crippen LogP contribution in [0.4, 0.5) is 0 Å². The molecule has 1 aromatic rings. The topological polar surface area (TPSA) is 94.1 Å². The lowest BCUT2D eigenvalue weighted by Crippen LogP contribution is -2.38. The van der Waals surface area contributed by atoms with E-state index in [-0.39, 0.29) is 25.8 Å². The van der Waals surface area contributed by atoms with Gasteiger partial charge >= 0.3 is 5.97 Å². The molecule has 0 aliphatic heterocycles. The molecule has 0 fully saturated rings. The van der Waals surface area contributed by atoms with Gasteiger partial charge in [-0.05, 0) is 12.0 Å². The lowest BCUT2D eigenvalue weighted by Gasteiger charge is -2.30. The zero-order chi connectivity index (χ0) is 29.5. The number of phosphoric acid groups is 1. The molecular weight excluding hydrogens is 529 g/mol. The zero-order valence-electron chi connectivity index (χ0n) is 25.7. The lowest BCUT2D eigenvalue weighted by atomic mass is 10.0. The van der Waals surface area contributed by atoms with Crippen LogP contribution in [0.5, 0.6) is 0 Å². The van der Waals surface area contributed by atoms with Gasteiger partial charge in [0.25, 0.3) is 7.82 Å². The Morgan fingerprint density at radius 1 is 0.850 bits per heavy atom. The monoisotopic (exact) mass is 585 g/mol. The van der Waals surface area contributed by atoms with E-state index in [1.54, 1.807) is 0 Å². The minimum Gasteiger partial charge on any atom is -0.756 e. The van der Waals surface area contributed by atoms with Crippen LogP contribution < -0.4 is 4.89 Å². The van der Waals surface area contributed by atoms with Crippen LogP contribution in [-0.2, 0) is 34.5 Å². The van der Waals surface area contributed by atoms with Gasteiger partial charge in [0.15, 0.2) is 0 Å². The maximum atomic E-state index is 12.4. The van der Waals surface area contributed by atoms with Crippen LogP contribution in [0.2, 0.25) is 0 Å². The highest BCUT2D eigenvalue weighted by Gasteiger charge is 2.22. The molecule has 0 aliphatic carbocycles. The van der Waals surface area contributed by atoms with Crippen molar-refractivity contribution >= 4 is 13.8 Å². The van der Waals surface area contributed by atoms with Crippen LogP contribution in [0.3, 0.4) is 0 Å². The Morgan fingerprint density at radius 2 is 1.40 bits per heavy atom. The number of ether oxygens (including phenoxy) is 2. The lowest BCUT2D eigenvalue weighted by molar-refractivity contribution is -0.870. The van der Waals surface area contributed by atoms with E-state index in [0.717, 1.165) is 24.8 Å². The van der Waals surface area contributed by atoms with Crippen molar-refractivity contribution in [2.45, 2.75) is 110 Å². The summed E-state index contributed by atoms with van der Waals surface area (Å²) >= 11 is 0. The number of hydrogen-bond acceptors (Lipinski definition) is 7. The highest BCUT2D eigenvalue weighted by molar-refractivity contribution is 7.45. The predicted octanol–water partition coefficient (Wildman–Crippen LogP) is 6.80. The highest BCUT2D eigenvalue weighted by atomic mass is 31.2. The molecule has 0 heterocycles. The summed E-state index contributed by atoms with van der Waals surface area (Å²) in [6.07, 6.45) is 15.4. The van der Waals surface area contributed by atoms with E-state index in [0.29, 0.717) is 24.1 Å². The Balaban J connectivity index is 2.29. The van der Waals surface area contributed by atoms with Crippen molar-refractivity contribution in [2.24, 2.45) is 0 Å². The van der Waals surface area contributed by atoms with Gasteiger partial charge < -0.3 is 27.9 Å². The van der Waals surface area contributed by atoms with Crippen LogP contribution in [0.15, 0.2) is 30.3 Å². The number of unbranched alkanes of at least 4 members (excludes halogenated alkanes) is 12. The number of phosphoric ester groups is 1. The quantitative estimate of drug-likeness (QED) is 0.0511. The first-order valence-corrected chi connectivity index (χ1v) is 16.8. The van der Waals surface area contributed by atoms with Crippen LogP contribution in [0, 0.1) is 0 Å². The van der Waals surface area contributed by atoms with E-state index in [1.165, 1.54) is 64.2 Å². The molecule has 0 aliphatic rings. The molecule has 0 saturated carbocycles. The fourth-order valence-corrected chi connectivity index (χ4v) is 5.03. The molecule has 0 bridgehead atoms. The van der Waals surface area contributed by atoms with E-state index in [4.69, 9.17) is 18.5 Å². The van der Waals surface area contributed by atoms with Crippen molar-refractivity contribution in [1.82, 2.24) is 0 Å². The third-order valence-corrected chi connectivity index (χ3v) is 7.67. The van der Waals surface area contributed by atoms with Gasteiger partial charge in [0.1, 0.15) is 25.9 Å². The first-order chi connectivity index (χ1) is 19.1. The molecule has 40 heavy (non-hydrogen) atoms. The molecule has 0 radical (unpaired) electrons. The zero-order valence-corrected chi connectivity index (χ0v) is 26.5. The van der Waals surface area contributed by atoms with Crippen LogP contribution in [-0.4, -0.2) is 64.1 Å². The van der Waals surface area contributed by atoms with E-state index < -0.39 is 13.9 Å². The van der Waals surface area contributed by atoms with Gasteiger partial charge in [-0.25, -0.2) is 0 Å². The minimum atomic E-state index is -4.59. The fourth-order valence-electron chi connectivity index (χ4n) is 4.18. The van der Waals surface area contributed by atoms with Crippen molar-refractivity contribution in [2.75, 3.05) is 47.5 Å². The van der Waals surface area contributed by atoms with Gasteiger partial charge in [-0.15, -0.1) is 0 Å². The number of esters is 1.